The van der Waals surface area contributed by atoms with Gasteiger partial charge in [0.2, 0.25) is 5.91 Å². The molecule has 0 unspecified atom stereocenters. The molecule has 2 aliphatic heterocycles. The molecular weight excluding hydrogens is 402 g/mol. The summed E-state index contributed by atoms with van der Waals surface area (Å²) >= 11 is 0. The number of hydrogen-bond donors (Lipinski definition) is 0. The highest BCUT2D eigenvalue weighted by atomic mass is 16.6. The van der Waals surface area contributed by atoms with E-state index < -0.39 is 5.41 Å². The van der Waals surface area contributed by atoms with Crippen LogP contribution < -0.4 is 14.4 Å². The average Bonchev–Trinajstić information content (AvgIpc) is 3.23. The van der Waals surface area contributed by atoms with Gasteiger partial charge in [0.05, 0.1) is 17.0 Å². The Labute approximate surface area is 189 Å². The number of benzene rings is 2. The van der Waals surface area contributed by atoms with E-state index in [1.165, 1.54) is 0 Å². The molecule has 0 N–H and O–H groups in total. The molecule has 6 heteroatoms. The van der Waals surface area contributed by atoms with Gasteiger partial charge in [-0.05, 0) is 61.2 Å². The van der Waals surface area contributed by atoms with E-state index in [1.54, 1.807) is 0 Å². The molecule has 2 aromatic carbocycles. The van der Waals surface area contributed by atoms with Gasteiger partial charge in [0.1, 0.15) is 13.2 Å². The van der Waals surface area contributed by atoms with Gasteiger partial charge in [-0.3, -0.25) is 4.79 Å². The van der Waals surface area contributed by atoms with Gasteiger partial charge in [0.25, 0.3) is 0 Å². The van der Waals surface area contributed by atoms with Crippen molar-refractivity contribution < 1.29 is 14.3 Å². The van der Waals surface area contributed by atoms with Crippen molar-refractivity contribution in [1.29, 1.82) is 5.26 Å². The van der Waals surface area contributed by atoms with E-state index in [-0.39, 0.29) is 5.91 Å². The predicted molar refractivity (Wildman–Crippen MR) is 122 cm³/mol. The summed E-state index contributed by atoms with van der Waals surface area (Å²) in [5.74, 6) is 1.79. The van der Waals surface area contributed by atoms with Crippen LogP contribution in [0.4, 0.5) is 5.69 Å². The second-order valence-electron chi connectivity index (χ2n) is 8.94. The number of hydrogen-bond acceptors (Lipinski definition) is 5. The van der Waals surface area contributed by atoms with Crippen LogP contribution in [-0.4, -0.2) is 50.2 Å². The zero-order valence-corrected chi connectivity index (χ0v) is 18.4. The fraction of sp³-hybridized carbons (Fsp3) is 0.462. The summed E-state index contributed by atoms with van der Waals surface area (Å²) in [6, 6.07) is 16.0. The van der Waals surface area contributed by atoms with Gasteiger partial charge in [0.15, 0.2) is 11.5 Å². The largest absolute Gasteiger partial charge is 0.486 e. The molecule has 0 spiro atoms. The Hall–Kier alpha value is -3.20. The first kappa shape index (κ1) is 20.7. The van der Waals surface area contributed by atoms with Crippen LogP contribution in [0, 0.1) is 11.3 Å². The number of carbonyl (C=O) groups excluding carboxylic acids is 1. The molecule has 1 amide bonds. The molecule has 32 heavy (non-hydrogen) atoms. The van der Waals surface area contributed by atoms with Gasteiger partial charge in [-0.15, -0.1) is 0 Å². The van der Waals surface area contributed by atoms with E-state index >= 15 is 0 Å². The maximum Gasteiger partial charge on any atom is 0.233 e. The minimum absolute atomic E-state index is 0.258. The summed E-state index contributed by atoms with van der Waals surface area (Å²) in [7, 11) is 0. The molecular formula is C26H29N3O3. The van der Waals surface area contributed by atoms with Crippen molar-refractivity contribution in [3.8, 4) is 17.6 Å². The van der Waals surface area contributed by atoms with Crippen molar-refractivity contribution in [2.75, 3.05) is 44.3 Å². The minimum Gasteiger partial charge on any atom is -0.486 e. The molecule has 2 heterocycles. The minimum atomic E-state index is -0.459. The summed E-state index contributed by atoms with van der Waals surface area (Å²) in [5, 5.41) is 9.04. The third-order valence-corrected chi connectivity index (χ3v) is 7.11. The number of nitrogens with zero attached hydrogens (tertiary/aromatic N) is 3. The number of amides is 1. The van der Waals surface area contributed by atoms with Crippen LogP contribution >= 0.6 is 0 Å². The van der Waals surface area contributed by atoms with E-state index in [9.17, 15) is 4.79 Å². The molecule has 0 radical (unpaired) electrons. The lowest BCUT2D eigenvalue weighted by Gasteiger charge is -2.35. The van der Waals surface area contributed by atoms with Crippen molar-refractivity contribution >= 4 is 11.6 Å². The Morgan fingerprint density at radius 3 is 2.38 bits per heavy atom. The summed E-state index contributed by atoms with van der Waals surface area (Å²) < 4.78 is 11.5. The second kappa shape index (κ2) is 8.74. The van der Waals surface area contributed by atoms with Gasteiger partial charge < -0.3 is 19.3 Å². The van der Waals surface area contributed by atoms with Crippen LogP contribution in [0.5, 0.6) is 11.5 Å². The second-order valence-corrected chi connectivity index (χ2v) is 8.94. The quantitative estimate of drug-likeness (QED) is 0.738. The van der Waals surface area contributed by atoms with Gasteiger partial charge in [-0.2, -0.15) is 5.26 Å². The van der Waals surface area contributed by atoms with Crippen LogP contribution in [0.3, 0.4) is 0 Å². The van der Waals surface area contributed by atoms with Gasteiger partial charge in [-0.25, -0.2) is 0 Å². The average molecular weight is 432 g/mol. The highest BCUT2D eigenvalue weighted by Gasteiger charge is 2.45. The Bertz CT molecular complexity index is 1020. The topological polar surface area (TPSA) is 65.8 Å². The molecule has 2 fully saturated rings. The summed E-state index contributed by atoms with van der Waals surface area (Å²) in [6.45, 7) is 4.32. The maximum absolute atomic E-state index is 14.0. The Morgan fingerprint density at radius 2 is 1.62 bits per heavy atom. The van der Waals surface area contributed by atoms with Crippen molar-refractivity contribution in [2.24, 2.45) is 0 Å². The lowest BCUT2D eigenvalue weighted by molar-refractivity contribution is -0.137. The molecule has 6 nitrogen and oxygen atoms in total. The van der Waals surface area contributed by atoms with Crippen LogP contribution in [0.2, 0.25) is 0 Å². The molecule has 3 aliphatic rings. The van der Waals surface area contributed by atoms with Crippen molar-refractivity contribution in [3.63, 3.8) is 0 Å². The van der Waals surface area contributed by atoms with Crippen LogP contribution in [0.25, 0.3) is 0 Å². The van der Waals surface area contributed by atoms with Crippen molar-refractivity contribution in [3.05, 3.63) is 53.6 Å². The number of nitriles is 1. The number of carbonyl (C=O) groups is 1. The lowest BCUT2D eigenvalue weighted by atomic mass is 9.77. The number of anilines is 1. The SMILES string of the molecule is N#Cc1ccc(N2CCCN(C(=O)C3(c4ccc5c(c4)OCCO5)CCCC3)CC2)cc1. The van der Waals surface area contributed by atoms with Crippen molar-refractivity contribution in [1.82, 2.24) is 4.90 Å². The monoisotopic (exact) mass is 431 g/mol. The first-order valence-electron chi connectivity index (χ1n) is 11.6. The van der Waals surface area contributed by atoms with E-state index in [0.29, 0.717) is 25.3 Å². The first-order chi connectivity index (χ1) is 15.7. The highest BCUT2D eigenvalue weighted by Crippen LogP contribution is 2.45. The fourth-order valence-corrected chi connectivity index (χ4v) is 5.37. The standard InChI is InChI=1S/C26H29N3O3/c27-19-20-4-7-22(8-5-20)28-12-3-13-29(15-14-28)25(30)26(10-1-2-11-26)21-6-9-23-24(18-21)32-17-16-31-23/h4-9,18H,1-3,10-17H2. The molecule has 0 bridgehead atoms. The number of rotatable bonds is 3. The van der Waals surface area contributed by atoms with Crippen molar-refractivity contribution in [2.45, 2.75) is 37.5 Å². The molecule has 5 rings (SSSR count). The Kier molecular flexibility index (Phi) is 5.65. The molecule has 1 saturated heterocycles. The smallest absolute Gasteiger partial charge is 0.233 e. The fourth-order valence-electron chi connectivity index (χ4n) is 5.37. The molecule has 0 aromatic heterocycles. The molecule has 1 saturated carbocycles. The Balaban J connectivity index is 1.35. The Morgan fingerprint density at radius 1 is 0.875 bits per heavy atom. The zero-order valence-electron chi connectivity index (χ0n) is 18.4. The highest BCUT2D eigenvalue weighted by molar-refractivity contribution is 5.89. The van der Waals surface area contributed by atoms with Gasteiger partial charge in [-0.1, -0.05) is 18.9 Å². The van der Waals surface area contributed by atoms with E-state index in [0.717, 1.165) is 74.5 Å². The van der Waals surface area contributed by atoms with E-state index in [2.05, 4.69) is 21.9 Å². The third kappa shape index (κ3) is 3.77. The van der Waals surface area contributed by atoms with Crippen LogP contribution in [0.15, 0.2) is 42.5 Å². The summed E-state index contributed by atoms with van der Waals surface area (Å²) in [5.41, 5.74) is 2.39. The van der Waals surface area contributed by atoms with Crippen LogP contribution in [-0.2, 0) is 10.2 Å². The van der Waals surface area contributed by atoms with Crippen LogP contribution in [0.1, 0.15) is 43.2 Å². The molecule has 1 aliphatic carbocycles. The normalized spacial score (nSPS) is 19.8. The third-order valence-electron chi connectivity index (χ3n) is 7.11. The zero-order chi connectivity index (χ0) is 22.0. The summed E-state index contributed by atoms with van der Waals surface area (Å²) in [4.78, 5) is 18.4. The predicted octanol–water partition coefficient (Wildman–Crippen LogP) is 3.88. The molecule has 0 atom stereocenters. The molecule has 166 valence electrons. The lowest BCUT2D eigenvalue weighted by Crippen LogP contribution is -2.47. The number of ether oxygens (including phenoxy) is 2. The van der Waals surface area contributed by atoms with E-state index in [4.69, 9.17) is 14.7 Å². The molecule has 2 aromatic rings. The summed E-state index contributed by atoms with van der Waals surface area (Å²) in [6.07, 6.45) is 4.86. The maximum atomic E-state index is 14.0. The van der Waals surface area contributed by atoms with Gasteiger partial charge >= 0.3 is 0 Å². The first-order valence-corrected chi connectivity index (χ1v) is 11.6. The van der Waals surface area contributed by atoms with E-state index in [1.807, 2.05) is 36.4 Å². The van der Waals surface area contributed by atoms with Gasteiger partial charge in [0, 0.05) is 31.9 Å². The number of fused-ring (bicyclic) bond motifs is 1.